The monoisotopic (exact) mass is 352 g/mol. The van der Waals surface area contributed by atoms with Crippen molar-refractivity contribution in [2.24, 2.45) is 0 Å². The number of carbonyl (C=O) groups excluding carboxylic acids is 1. The molecule has 26 heavy (non-hydrogen) atoms. The Labute approximate surface area is 153 Å². The normalized spacial score (nSPS) is 22.5. The third-order valence-electron chi connectivity index (χ3n) is 5.43. The molecule has 6 heteroatoms. The molecular weight excluding hydrogens is 328 g/mol. The molecular formula is C20H24N4O2. The lowest BCUT2D eigenvalue weighted by molar-refractivity contribution is 0.0994. The van der Waals surface area contributed by atoms with Gasteiger partial charge >= 0.3 is 0 Å². The van der Waals surface area contributed by atoms with Gasteiger partial charge in [0.15, 0.2) is 0 Å². The molecule has 2 aliphatic rings. The maximum absolute atomic E-state index is 12.8. The summed E-state index contributed by atoms with van der Waals surface area (Å²) >= 11 is 0. The van der Waals surface area contributed by atoms with Crippen LogP contribution in [0.2, 0.25) is 0 Å². The Morgan fingerprint density at radius 3 is 2.54 bits per heavy atom. The summed E-state index contributed by atoms with van der Waals surface area (Å²) in [6, 6.07) is 9.99. The number of nitrogens with zero attached hydrogens (tertiary/aromatic N) is 3. The van der Waals surface area contributed by atoms with E-state index in [0.29, 0.717) is 11.6 Å². The number of fused-ring (bicyclic) bond motifs is 2. The maximum Gasteiger partial charge on any atom is 0.260 e. The Bertz CT molecular complexity index is 830. The molecule has 2 aromatic rings. The molecule has 0 radical (unpaired) electrons. The van der Waals surface area contributed by atoms with Gasteiger partial charge in [0, 0.05) is 26.2 Å². The van der Waals surface area contributed by atoms with Crippen molar-refractivity contribution in [1.29, 1.82) is 0 Å². The van der Waals surface area contributed by atoms with E-state index in [1.807, 2.05) is 42.3 Å². The van der Waals surface area contributed by atoms with Gasteiger partial charge in [0.25, 0.3) is 5.91 Å². The molecule has 1 fully saturated rings. The topological polar surface area (TPSA) is 68.7 Å². The number of pyridine rings is 1. The summed E-state index contributed by atoms with van der Waals surface area (Å²) in [6.45, 7) is 0. The molecule has 0 unspecified atom stereocenters. The molecule has 0 spiro atoms. The number of hydrogen-bond donors (Lipinski definition) is 2. The predicted octanol–water partition coefficient (Wildman–Crippen LogP) is 3.15. The van der Waals surface area contributed by atoms with Crippen LogP contribution in [0.1, 0.15) is 36.0 Å². The van der Waals surface area contributed by atoms with Crippen LogP contribution in [0.5, 0.6) is 0 Å². The van der Waals surface area contributed by atoms with Crippen LogP contribution in [0.15, 0.2) is 36.5 Å². The second kappa shape index (κ2) is 6.61. The summed E-state index contributed by atoms with van der Waals surface area (Å²) in [4.78, 5) is 21.0. The summed E-state index contributed by atoms with van der Waals surface area (Å²) in [5, 5.41) is 13.2. The first-order valence-corrected chi connectivity index (χ1v) is 9.10. The van der Waals surface area contributed by atoms with Crippen LogP contribution in [0.25, 0.3) is 0 Å². The Hall–Kier alpha value is -2.60. The highest BCUT2D eigenvalue weighted by atomic mass is 16.3. The summed E-state index contributed by atoms with van der Waals surface area (Å²) in [6.07, 6.45) is 5.12. The van der Waals surface area contributed by atoms with Crippen molar-refractivity contribution < 1.29 is 9.90 Å². The highest BCUT2D eigenvalue weighted by molar-refractivity contribution is 6.13. The first kappa shape index (κ1) is 16.8. The second-order valence-electron chi connectivity index (χ2n) is 7.15. The molecule has 1 amide bonds. The van der Waals surface area contributed by atoms with Gasteiger partial charge in [0.1, 0.15) is 5.82 Å². The molecule has 0 bridgehead atoms. The molecule has 4 rings (SSSR count). The van der Waals surface area contributed by atoms with Gasteiger partial charge in [0.05, 0.1) is 34.9 Å². The average Bonchev–Trinajstić information content (AvgIpc) is 2.74. The summed E-state index contributed by atoms with van der Waals surface area (Å²) in [5.41, 5.74) is 3.31. The number of para-hydroxylation sites is 1. The van der Waals surface area contributed by atoms with Crippen LogP contribution in [0, 0.1) is 0 Å². The molecule has 136 valence electrons. The van der Waals surface area contributed by atoms with Crippen molar-refractivity contribution in [3.05, 3.63) is 42.1 Å². The van der Waals surface area contributed by atoms with E-state index in [0.717, 1.165) is 48.6 Å². The molecule has 1 saturated carbocycles. The van der Waals surface area contributed by atoms with E-state index in [-0.39, 0.29) is 12.0 Å². The lowest BCUT2D eigenvalue weighted by Gasteiger charge is -2.28. The number of hydrogen-bond acceptors (Lipinski definition) is 5. The van der Waals surface area contributed by atoms with E-state index < -0.39 is 0 Å². The average molecular weight is 352 g/mol. The van der Waals surface area contributed by atoms with Crippen molar-refractivity contribution in [3.8, 4) is 0 Å². The van der Waals surface area contributed by atoms with E-state index in [2.05, 4.69) is 10.3 Å². The zero-order chi connectivity index (χ0) is 18.3. The minimum absolute atomic E-state index is 0.0324. The van der Waals surface area contributed by atoms with Gasteiger partial charge in [-0.05, 0) is 37.8 Å². The fraction of sp³-hybridized carbons (Fsp3) is 0.400. The number of carbonyl (C=O) groups is 1. The summed E-state index contributed by atoms with van der Waals surface area (Å²) < 4.78 is 0. The molecule has 1 aromatic carbocycles. The van der Waals surface area contributed by atoms with Gasteiger partial charge in [-0.3, -0.25) is 4.79 Å². The van der Waals surface area contributed by atoms with Gasteiger partial charge in [-0.15, -0.1) is 0 Å². The highest BCUT2D eigenvalue weighted by Gasteiger charge is 2.28. The fourth-order valence-electron chi connectivity index (χ4n) is 3.84. The van der Waals surface area contributed by atoms with Gasteiger partial charge < -0.3 is 20.2 Å². The number of anilines is 4. The number of amides is 1. The van der Waals surface area contributed by atoms with E-state index in [9.17, 15) is 9.90 Å². The zero-order valence-electron chi connectivity index (χ0n) is 15.1. The third kappa shape index (κ3) is 2.90. The Morgan fingerprint density at radius 1 is 1.04 bits per heavy atom. The van der Waals surface area contributed by atoms with Crippen molar-refractivity contribution in [2.75, 3.05) is 29.2 Å². The largest absolute Gasteiger partial charge is 0.393 e. The Balaban J connectivity index is 1.68. The van der Waals surface area contributed by atoms with E-state index >= 15 is 0 Å². The highest BCUT2D eigenvalue weighted by Crippen LogP contribution is 2.39. The lowest BCUT2D eigenvalue weighted by atomic mass is 9.93. The smallest absolute Gasteiger partial charge is 0.260 e. The standard InChI is InChI=1S/C20H24N4O2/c1-23-16-6-4-3-5-15(16)20(26)24(2)18-12-21-19(11-17(18)23)22-13-7-9-14(25)10-8-13/h3-6,11-14,25H,7-10H2,1-2H3,(H,21,22). The van der Waals surface area contributed by atoms with Crippen LogP contribution < -0.4 is 15.1 Å². The molecule has 2 heterocycles. The van der Waals surface area contributed by atoms with E-state index in [4.69, 9.17) is 0 Å². The van der Waals surface area contributed by atoms with Crippen molar-refractivity contribution >= 4 is 28.8 Å². The van der Waals surface area contributed by atoms with Crippen LogP contribution in [0.4, 0.5) is 22.9 Å². The molecule has 6 nitrogen and oxygen atoms in total. The fourth-order valence-corrected chi connectivity index (χ4v) is 3.84. The summed E-state index contributed by atoms with van der Waals surface area (Å²) in [7, 11) is 3.76. The van der Waals surface area contributed by atoms with Gasteiger partial charge in [-0.2, -0.15) is 0 Å². The summed E-state index contributed by atoms with van der Waals surface area (Å²) in [5.74, 6) is 0.771. The number of aliphatic hydroxyl groups excluding tert-OH is 1. The lowest BCUT2D eigenvalue weighted by Crippen LogP contribution is -2.29. The number of rotatable bonds is 2. The Kier molecular flexibility index (Phi) is 4.28. The van der Waals surface area contributed by atoms with E-state index in [1.165, 1.54) is 0 Å². The Morgan fingerprint density at radius 2 is 1.77 bits per heavy atom. The third-order valence-corrected chi connectivity index (χ3v) is 5.43. The van der Waals surface area contributed by atoms with Crippen molar-refractivity contribution in [1.82, 2.24) is 4.98 Å². The van der Waals surface area contributed by atoms with Crippen molar-refractivity contribution in [2.45, 2.75) is 37.8 Å². The van der Waals surface area contributed by atoms with Crippen molar-refractivity contribution in [3.63, 3.8) is 0 Å². The zero-order valence-corrected chi connectivity index (χ0v) is 15.1. The van der Waals surface area contributed by atoms with Gasteiger partial charge in [0.2, 0.25) is 0 Å². The second-order valence-corrected chi connectivity index (χ2v) is 7.15. The van der Waals surface area contributed by atoms with Gasteiger partial charge in [-0.25, -0.2) is 4.98 Å². The van der Waals surface area contributed by atoms with Gasteiger partial charge in [-0.1, -0.05) is 12.1 Å². The minimum Gasteiger partial charge on any atom is -0.393 e. The number of aliphatic hydroxyl groups is 1. The molecule has 0 atom stereocenters. The molecule has 0 saturated heterocycles. The quantitative estimate of drug-likeness (QED) is 0.869. The number of aromatic nitrogens is 1. The minimum atomic E-state index is -0.171. The predicted molar refractivity (Wildman–Crippen MR) is 103 cm³/mol. The number of nitrogens with one attached hydrogen (secondary N) is 1. The molecule has 1 aliphatic carbocycles. The molecule has 1 aromatic heterocycles. The SMILES string of the molecule is CN1C(=O)c2ccccc2N(C)c2cc(NC3CCC(O)CC3)ncc21. The van der Waals surface area contributed by atoms with Crippen LogP contribution in [0.3, 0.4) is 0 Å². The first-order chi connectivity index (χ1) is 12.5. The van der Waals surface area contributed by atoms with Crippen LogP contribution in [-0.2, 0) is 0 Å². The maximum atomic E-state index is 12.8. The number of benzene rings is 1. The molecule has 1 aliphatic heterocycles. The molecule has 2 N–H and O–H groups in total. The van der Waals surface area contributed by atoms with Crippen LogP contribution >= 0.6 is 0 Å². The van der Waals surface area contributed by atoms with E-state index in [1.54, 1.807) is 18.1 Å². The van der Waals surface area contributed by atoms with Crippen LogP contribution in [-0.4, -0.2) is 42.2 Å². The first-order valence-electron chi connectivity index (χ1n) is 9.10.